The SMILES string of the molecule is CC(C)(C)OC(=O)COc1cccc(Oc2ccc(OC3CCN(C(=O)OCc4ccccc4)CC3)cn2)c1. The van der Waals surface area contributed by atoms with E-state index in [0.717, 1.165) is 5.56 Å². The molecule has 1 saturated heterocycles. The zero-order valence-corrected chi connectivity index (χ0v) is 22.5. The Morgan fingerprint density at radius 2 is 1.67 bits per heavy atom. The number of carbonyl (C=O) groups is 2. The van der Waals surface area contributed by atoms with E-state index in [0.29, 0.717) is 49.1 Å². The second-order valence-corrected chi connectivity index (χ2v) is 10.1. The van der Waals surface area contributed by atoms with Crippen molar-refractivity contribution in [2.75, 3.05) is 19.7 Å². The van der Waals surface area contributed by atoms with E-state index in [-0.39, 0.29) is 25.4 Å². The summed E-state index contributed by atoms with van der Waals surface area (Å²) in [5.74, 6) is 1.57. The van der Waals surface area contributed by atoms with Gasteiger partial charge in [0.1, 0.15) is 35.6 Å². The minimum Gasteiger partial charge on any atom is -0.489 e. The Balaban J connectivity index is 1.20. The Morgan fingerprint density at radius 3 is 2.36 bits per heavy atom. The van der Waals surface area contributed by atoms with Gasteiger partial charge in [-0.2, -0.15) is 0 Å². The van der Waals surface area contributed by atoms with Crippen molar-refractivity contribution >= 4 is 12.1 Å². The zero-order valence-electron chi connectivity index (χ0n) is 22.5. The largest absolute Gasteiger partial charge is 0.489 e. The Morgan fingerprint density at radius 1 is 0.923 bits per heavy atom. The van der Waals surface area contributed by atoms with Gasteiger partial charge in [0.15, 0.2) is 6.61 Å². The quantitative estimate of drug-likeness (QED) is 0.319. The lowest BCUT2D eigenvalue weighted by atomic mass is 10.1. The van der Waals surface area contributed by atoms with Crippen LogP contribution in [0.4, 0.5) is 4.79 Å². The summed E-state index contributed by atoms with van der Waals surface area (Å²) in [4.78, 5) is 30.3. The van der Waals surface area contributed by atoms with E-state index < -0.39 is 11.6 Å². The lowest BCUT2D eigenvalue weighted by Gasteiger charge is -2.31. The minimum absolute atomic E-state index is 0.0180. The molecule has 0 saturated carbocycles. The zero-order chi connectivity index (χ0) is 27.7. The molecule has 0 N–H and O–H groups in total. The Bertz CT molecular complexity index is 1220. The molecule has 1 aliphatic heterocycles. The smallest absolute Gasteiger partial charge is 0.410 e. The molecule has 206 valence electrons. The average molecular weight is 535 g/mol. The van der Waals surface area contributed by atoms with Gasteiger partial charge < -0.3 is 28.6 Å². The molecule has 4 rings (SSSR count). The van der Waals surface area contributed by atoms with E-state index >= 15 is 0 Å². The molecule has 1 aliphatic rings. The molecule has 3 aromatic rings. The Labute approximate surface area is 228 Å². The number of hydrogen-bond acceptors (Lipinski definition) is 8. The fourth-order valence-electron chi connectivity index (χ4n) is 3.92. The van der Waals surface area contributed by atoms with Gasteiger partial charge in [0, 0.05) is 38.1 Å². The third-order valence-corrected chi connectivity index (χ3v) is 5.72. The van der Waals surface area contributed by atoms with Crippen LogP contribution in [-0.4, -0.2) is 53.3 Å². The first kappa shape index (κ1) is 27.8. The number of piperidine rings is 1. The minimum atomic E-state index is -0.569. The van der Waals surface area contributed by atoms with Crippen LogP contribution in [0.3, 0.4) is 0 Å². The molecule has 0 aliphatic carbocycles. The number of rotatable bonds is 9. The van der Waals surface area contributed by atoms with Gasteiger partial charge >= 0.3 is 12.1 Å². The summed E-state index contributed by atoms with van der Waals surface area (Å²) in [5.41, 5.74) is 0.393. The van der Waals surface area contributed by atoms with E-state index in [1.165, 1.54) is 0 Å². The molecule has 0 unspecified atom stereocenters. The van der Waals surface area contributed by atoms with Crippen molar-refractivity contribution in [2.24, 2.45) is 0 Å². The molecule has 0 atom stereocenters. The molecule has 39 heavy (non-hydrogen) atoms. The molecule has 0 spiro atoms. The summed E-state index contributed by atoms with van der Waals surface area (Å²) in [5, 5.41) is 0. The Kier molecular flexibility index (Phi) is 9.25. The molecule has 1 fully saturated rings. The first-order valence-corrected chi connectivity index (χ1v) is 12.9. The van der Waals surface area contributed by atoms with Gasteiger partial charge in [-0.15, -0.1) is 0 Å². The highest BCUT2D eigenvalue weighted by molar-refractivity contribution is 5.71. The molecule has 9 heteroatoms. The third-order valence-electron chi connectivity index (χ3n) is 5.72. The normalized spacial score (nSPS) is 13.9. The van der Waals surface area contributed by atoms with Crippen molar-refractivity contribution in [2.45, 2.75) is 51.9 Å². The van der Waals surface area contributed by atoms with Crippen molar-refractivity contribution in [1.82, 2.24) is 9.88 Å². The fourth-order valence-corrected chi connectivity index (χ4v) is 3.92. The van der Waals surface area contributed by atoms with E-state index in [1.807, 2.05) is 30.3 Å². The predicted molar refractivity (Wildman–Crippen MR) is 144 cm³/mol. The van der Waals surface area contributed by atoms with Crippen LogP contribution >= 0.6 is 0 Å². The van der Waals surface area contributed by atoms with Crippen LogP contribution in [0.2, 0.25) is 0 Å². The highest BCUT2D eigenvalue weighted by atomic mass is 16.6. The molecule has 2 heterocycles. The number of hydrogen-bond donors (Lipinski definition) is 0. The number of likely N-dealkylation sites (tertiary alicyclic amines) is 1. The molecular formula is C30H34N2O7. The van der Waals surface area contributed by atoms with Gasteiger partial charge in [0.05, 0.1) is 6.20 Å². The van der Waals surface area contributed by atoms with Crippen molar-refractivity contribution < 1.29 is 33.3 Å². The van der Waals surface area contributed by atoms with Crippen LogP contribution in [0.15, 0.2) is 72.9 Å². The standard InChI is InChI=1S/C30H34N2O7/c1-30(2,3)39-28(33)21-35-24-10-7-11-25(18-24)38-27-13-12-26(19-31-27)37-23-14-16-32(17-15-23)29(34)36-20-22-8-5-4-6-9-22/h4-13,18-19,23H,14-17,20-21H2,1-3H3. The third kappa shape index (κ3) is 9.21. The van der Waals surface area contributed by atoms with Crippen molar-refractivity contribution in [3.8, 4) is 23.1 Å². The number of pyridine rings is 1. The second-order valence-electron chi connectivity index (χ2n) is 10.1. The van der Waals surface area contributed by atoms with Crippen molar-refractivity contribution in [1.29, 1.82) is 0 Å². The molecule has 0 bridgehead atoms. The van der Waals surface area contributed by atoms with Gasteiger partial charge in [-0.05, 0) is 44.5 Å². The molecule has 2 aromatic carbocycles. The molecule has 1 amide bonds. The van der Waals surface area contributed by atoms with Gasteiger partial charge in [-0.25, -0.2) is 14.6 Å². The summed E-state index contributed by atoms with van der Waals surface area (Å²) in [6, 6.07) is 20.1. The summed E-state index contributed by atoms with van der Waals surface area (Å²) < 4.78 is 28.1. The summed E-state index contributed by atoms with van der Waals surface area (Å²) in [7, 11) is 0. The number of amides is 1. The van der Waals surface area contributed by atoms with E-state index in [4.69, 9.17) is 23.7 Å². The summed E-state index contributed by atoms with van der Waals surface area (Å²) in [6.45, 7) is 6.62. The maximum absolute atomic E-state index is 12.4. The highest BCUT2D eigenvalue weighted by Gasteiger charge is 2.25. The summed E-state index contributed by atoms with van der Waals surface area (Å²) in [6.07, 6.45) is 2.69. The second kappa shape index (κ2) is 13.0. The van der Waals surface area contributed by atoms with Gasteiger partial charge in [-0.3, -0.25) is 0 Å². The van der Waals surface area contributed by atoms with Gasteiger partial charge in [-0.1, -0.05) is 36.4 Å². The summed E-state index contributed by atoms with van der Waals surface area (Å²) >= 11 is 0. The Hall–Kier alpha value is -4.27. The number of esters is 1. The highest BCUT2D eigenvalue weighted by Crippen LogP contribution is 2.26. The molecular weight excluding hydrogens is 500 g/mol. The van der Waals surface area contributed by atoms with Crippen molar-refractivity contribution in [3.63, 3.8) is 0 Å². The number of nitrogens with zero attached hydrogens (tertiary/aromatic N) is 2. The number of aromatic nitrogens is 1. The van der Waals surface area contributed by atoms with E-state index in [9.17, 15) is 9.59 Å². The van der Waals surface area contributed by atoms with Crippen LogP contribution in [0.1, 0.15) is 39.2 Å². The van der Waals surface area contributed by atoms with E-state index in [2.05, 4.69) is 4.98 Å². The van der Waals surface area contributed by atoms with Crippen molar-refractivity contribution in [3.05, 3.63) is 78.5 Å². The molecule has 1 aromatic heterocycles. The molecule has 0 radical (unpaired) electrons. The van der Waals surface area contributed by atoms with Crippen LogP contribution in [0.25, 0.3) is 0 Å². The van der Waals surface area contributed by atoms with E-state index in [1.54, 1.807) is 68.3 Å². The monoisotopic (exact) mass is 534 g/mol. The predicted octanol–water partition coefficient (Wildman–Crippen LogP) is 5.77. The first-order valence-electron chi connectivity index (χ1n) is 12.9. The number of benzene rings is 2. The van der Waals surface area contributed by atoms with Crippen LogP contribution in [0.5, 0.6) is 23.1 Å². The lowest BCUT2D eigenvalue weighted by molar-refractivity contribution is -0.157. The number of ether oxygens (including phenoxy) is 5. The van der Waals surface area contributed by atoms with Gasteiger partial charge in [0.2, 0.25) is 5.88 Å². The van der Waals surface area contributed by atoms with Crippen LogP contribution in [-0.2, 0) is 20.9 Å². The topological polar surface area (TPSA) is 96.4 Å². The maximum atomic E-state index is 12.4. The first-order chi connectivity index (χ1) is 18.7. The molecule has 9 nitrogen and oxygen atoms in total. The van der Waals surface area contributed by atoms with Crippen LogP contribution in [0, 0.1) is 0 Å². The lowest BCUT2D eigenvalue weighted by Crippen LogP contribution is -2.42. The van der Waals surface area contributed by atoms with Crippen LogP contribution < -0.4 is 14.2 Å². The maximum Gasteiger partial charge on any atom is 0.410 e. The number of carbonyl (C=O) groups excluding carboxylic acids is 2. The van der Waals surface area contributed by atoms with Gasteiger partial charge in [0.25, 0.3) is 0 Å². The average Bonchev–Trinajstić information content (AvgIpc) is 2.92. The fraction of sp³-hybridized carbons (Fsp3) is 0.367.